The maximum Gasteiger partial charge on any atom is 0.433 e. The number of amides is 1. The van der Waals surface area contributed by atoms with Crippen LogP contribution in [0.3, 0.4) is 0 Å². The van der Waals surface area contributed by atoms with Gasteiger partial charge in [0, 0.05) is 12.4 Å². The van der Waals surface area contributed by atoms with Crippen molar-refractivity contribution in [2.45, 2.75) is 0 Å². The predicted octanol–water partition coefficient (Wildman–Crippen LogP) is 0.560. The molecule has 0 atom stereocenters. The largest absolute Gasteiger partial charge is 0.433 e. The van der Waals surface area contributed by atoms with E-state index < -0.39 is 22.6 Å². The molecule has 25 heavy (non-hydrogen) atoms. The van der Waals surface area contributed by atoms with Gasteiger partial charge in [-0.3, -0.25) is 24.3 Å². The van der Waals surface area contributed by atoms with Crippen molar-refractivity contribution >= 4 is 23.9 Å². The van der Waals surface area contributed by atoms with Gasteiger partial charge in [0.1, 0.15) is 16.9 Å². The minimum atomic E-state index is -0.748. The van der Waals surface area contributed by atoms with E-state index in [1.807, 2.05) is 0 Å². The van der Waals surface area contributed by atoms with E-state index in [9.17, 15) is 19.7 Å². The average molecular weight is 343 g/mol. The number of hydrogen-bond donors (Lipinski definition) is 2. The number of nitrogens with zero attached hydrogens (tertiary/aromatic N) is 5. The number of aromatic amines is 1. The average Bonchev–Trinajstić information content (AvgIpc) is 3.33. The molecule has 12 heteroatoms. The van der Waals surface area contributed by atoms with Gasteiger partial charge in [0.05, 0.1) is 18.6 Å². The molecule has 0 radical (unpaired) electrons. The lowest BCUT2D eigenvalue weighted by atomic mass is 10.3. The maximum atomic E-state index is 12.2. The second kappa shape index (κ2) is 6.57. The van der Waals surface area contributed by atoms with Crippen LogP contribution in [0.1, 0.15) is 26.7 Å². The first-order chi connectivity index (χ1) is 12.1. The molecule has 0 saturated carbocycles. The molecule has 0 fully saturated rings. The standard InChI is InChI=1S/C13H9N7O5/c21-12(18-17-5-8-1-2-9(25-8)20(23)24)10-11(16-6-15-10)13(22)19-4-3-14-7-19/h1-7H,(H,15,16)(H,18,21). The molecule has 0 bridgehead atoms. The van der Waals surface area contributed by atoms with Gasteiger partial charge in [0.25, 0.3) is 11.8 Å². The summed E-state index contributed by atoms with van der Waals surface area (Å²) in [6.45, 7) is 0. The van der Waals surface area contributed by atoms with Gasteiger partial charge in [-0.15, -0.1) is 0 Å². The Morgan fingerprint density at radius 3 is 2.96 bits per heavy atom. The number of carbonyl (C=O) groups is 2. The Morgan fingerprint density at radius 2 is 2.28 bits per heavy atom. The van der Waals surface area contributed by atoms with E-state index in [0.29, 0.717) is 0 Å². The number of nitro groups is 1. The molecule has 0 saturated heterocycles. The zero-order chi connectivity index (χ0) is 17.8. The molecule has 1 amide bonds. The minimum Gasteiger partial charge on any atom is -0.400 e. The molecule has 3 heterocycles. The van der Waals surface area contributed by atoms with Crippen molar-refractivity contribution in [2.75, 3.05) is 0 Å². The smallest absolute Gasteiger partial charge is 0.400 e. The predicted molar refractivity (Wildman–Crippen MR) is 81.0 cm³/mol. The lowest BCUT2D eigenvalue weighted by Gasteiger charge is -2.01. The Balaban J connectivity index is 1.70. The monoisotopic (exact) mass is 343 g/mol. The Bertz CT molecular complexity index is 953. The third kappa shape index (κ3) is 3.31. The van der Waals surface area contributed by atoms with Crippen LogP contribution in [0.4, 0.5) is 5.88 Å². The zero-order valence-electron chi connectivity index (χ0n) is 12.3. The van der Waals surface area contributed by atoms with Crippen LogP contribution in [-0.2, 0) is 0 Å². The molecule has 3 rings (SSSR count). The molecular weight excluding hydrogens is 334 g/mol. The fourth-order valence-corrected chi connectivity index (χ4v) is 1.86. The van der Waals surface area contributed by atoms with Gasteiger partial charge < -0.3 is 9.40 Å². The highest BCUT2D eigenvalue weighted by atomic mass is 16.6. The van der Waals surface area contributed by atoms with Crippen molar-refractivity contribution in [3.05, 3.63) is 64.4 Å². The summed E-state index contributed by atoms with van der Waals surface area (Å²) in [5.74, 6) is -1.65. The van der Waals surface area contributed by atoms with Crippen molar-refractivity contribution in [3.8, 4) is 0 Å². The van der Waals surface area contributed by atoms with Crippen molar-refractivity contribution < 1.29 is 18.9 Å². The van der Waals surface area contributed by atoms with Crippen molar-refractivity contribution in [1.82, 2.24) is 24.9 Å². The van der Waals surface area contributed by atoms with Gasteiger partial charge in [0.2, 0.25) is 0 Å². The molecule has 0 aliphatic rings. The number of hydrazone groups is 1. The van der Waals surface area contributed by atoms with Crippen LogP contribution in [-0.4, -0.2) is 42.5 Å². The molecule has 0 aromatic carbocycles. The molecular formula is C13H9N7O5. The van der Waals surface area contributed by atoms with E-state index in [4.69, 9.17) is 4.42 Å². The number of hydrogen-bond acceptors (Lipinski definition) is 8. The Hall–Kier alpha value is -4.09. The Kier molecular flexibility index (Phi) is 4.15. The molecule has 126 valence electrons. The van der Waals surface area contributed by atoms with E-state index in [1.165, 1.54) is 35.7 Å². The highest BCUT2D eigenvalue weighted by Crippen LogP contribution is 2.13. The van der Waals surface area contributed by atoms with E-state index in [2.05, 4.69) is 25.5 Å². The van der Waals surface area contributed by atoms with E-state index in [1.54, 1.807) is 0 Å². The van der Waals surface area contributed by atoms with Crippen LogP contribution < -0.4 is 5.43 Å². The molecule has 12 nitrogen and oxygen atoms in total. The second-order valence-electron chi connectivity index (χ2n) is 4.53. The van der Waals surface area contributed by atoms with Crippen LogP contribution in [0.15, 0.2) is 46.7 Å². The topological polar surface area (TPSA) is 161 Å². The van der Waals surface area contributed by atoms with Crippen LogP contribution in [0.5, 0.6) is 0 Å². The number of nitrogens with one attached hydrogen (secondary N) is 2. The lowest BCUT2D eigenvalue weighted by Crippen LogP contribution is -2.22. The molecule has 0 unspecified atom stereocenters. The summed E-state index contributed by atoms with van der Waals surface area (Å²) in [7, 11) is 0. The van der Waals surface area contributed by atoms with Gasteiger partial charge in [-0.1, -0.05) is 0 Å². The number of aromatic nitrogens is 4. The van der Waals surface area contributed by atoms with Crippen LogP contribution >= 0.6 is 0 Å². The summed E-state index contributed by atoms with van der Waals surface area (Å²) < 4.78 is 6.02. The van der Waals surface area contributed by atoms with Gasteiger partial charge in [0.15, 0.2) is 11.5 Å². The molecule has 3 aromatic heterocycles. The fourth-order valence-electron chi connectivity index (χ4n) is 1.86. The minimum absolute atomic E-state index is 0.0423. The van der Waals surface area contributed by atoms with Gasteiger partial charge >= 0.3 is 5.88 Å². The fraction of sp³-hybridized carbons (Fsp3) is 0. The van der Waals surface area contributed by atoms with Crippen LogP contribution in [0, 0.1) is 10.1 Å². The summed E-state index contributed by atoms with van der Waals surface area (Å²) in [4.78, 5) is 44.2. The third-order valence-corrected chi connectivity index (χ3v) is 2.96. The van der Waals surface area contributed by atoms with Crippen molar-refractivity contribution in [1.29, 1.82) is 0 Å². The number of carbonyl (C=O) groups excluding carboxylic acids is 2. The summed E-state index contributed by atoms with van der Waals surface area (Å²) in [5.41, 5.74) is 1.95. The number of furan rings is 1. The normalized spacial score (nSPS) is 10.9. The Morgan fingerprint density at radius 1 is 1.44 bits per heavy atom. The zero-order valence-corrected chi connectivity index (χ0v) is 12.3. The number of rotatable bonds is 5. The molecule has 0 aliphatic heterocycles. The lowest BCUT2D eigenvalue weighted by molar-refractivity contribution is -0.402. The van der Waals surface area contributed by atoms with Gasteiger partial charge in [-0.2, -0.15) is 5.10 Å². The summed E-state index contributed by atoms with van der Waals surface area (Å²) in [6.07, 6.45) is 6.40. The summed E-state index contributed by atoms with van der Waals surface area (Å²) in [6, 6.07) is 2.47. The van der Waals surface area contributed by atoms with E-state index in [0.717, 1.165) is 12.3 Å². The molecule has 3 aromatic rings. The third-order valence-electron chi connectivity index (χ3n) is 2.96. The van der Waals surface area contributed by atoms with Crippen LogP contribution in [0.25, 0.3) is 0 Å². The number of H-pyrrole nitrogens is 1. The number of imidazole rings is 2. The first-order valence-electron chi connectivity index (χ1n) is 6.70. The highest BCUT2D eigenvalue weighted by molar-refractivity contribution is 6.05. The van der Waals surface area contributed by atoms with Crippen molar-refractivity contribution in [2.24, 2.45) is 5.10 Å². The van der Waals surface area contributed by atoms with Gasteiger partial charge in [-0.25, -0.2) is 15.4 Å². The molecule has 2 N–H and O–H groups in total. The quantitative estimate of drug-likeness (QED) is 0.388. The van der Waals surface area contributed by atoms with E-state index >= 15 is 0 Å². The first kappa shape index (κ1) is 15.8. The summed E-state index contributed by atoms with van der Waals surface area (Å²) >= 11 is 0. The Labute approximate surface area is 138 Å². The summed E-state index contributed by atoms with van der Waals surface area (Å²) in [5, 5.41) is 14.1. The second-order valence-corrected chi connectivity index (χ2v) is 4.53. The first-order valence-corrected chi connectivity index (χ1v) is 6.70. The molecule has 0 aliphatic carbocycles. The van der Waals surface area contributed by atoms with Crippen LogP contribution in [0.2, 0.25) is 0 Å². The highest BCUT2D eigenvalue weighted by Gasteiger charge is 2.21. The molecule has 0 spiro atoms. The van der Waals surface area contributed by atoms with E-state index in [-0.39, 0.29) is 17.1 Å². The maximum absolute atomic E-state index is 12.2. The van der Waals surface area contributed by atoms with Gasteiger partial charge in [-0.05, 0) is 6.07 Å². The van der Waals surface area contributed by atoms with Crippen molar-refractivity contribution in [3.63, 3.8) is 0 Å². The SMILES string of the molecule is O=C(NN=Cc1ccc([N+](=O)[O-])o1)c1nc[nH]c1C(=O)n1ccnc1.